The molecule has 19 heavy (non-hydrogen) atoms. The van der Waals surface area contributed by atoms with Crippen LogP contribution in [0.15, 0.2) is 27.6 Å². The Balaban J connectivity index is 1.99. The van der Waals surface area contributed by atoms with Gasteiger partial charge in [0.2, 0.25) is 10.0 Å². The average molecular weight is 351 g/mol. The van der Waals surface area contributed by atoms with Crippen molar-refractivity contribution in [3.63, 3.8) is 0 Å². The fourth-order valence-corrected chi connectivity index (χ4v) is 3.77. The van der Waals surface area contributed by atoms with Gasteiger partial charge in [0.25, 0.3) is 0 Å². The Bertz CT molecular complexity index is 545. The zero-order valence-corrected chi connectivity index (χ0v) is 12.7. The van der Waals surface area contributed by atoms with E-state index >= 15 is 0 Å². The highest BCUT2D eigenvalue weighted by molar-refractivity contribution is 9.10. The van der Waals surface area contributed by atoms with Crippen LogP contribution in [0.2, 0.25) is 0 Å². The molecule has 0 radical (unpaired) electrons. The maximum atomic E-state index is 13.7. The molecule has 0 saturated carbocycles. The van der Waals surface area contributed by atoms with E-state index in [4.69, 9.17) is 0 Å². The molecule has 1 aliphatic heterocycles. The summed E-state index contributed by atoms with van der Waals surface area (Å²) in [6.07, 6.45) is 1.83. The van der Waals surface area contributed by atoms with Crippen LogP contribution in [0.25, 0.3) is 0 Å². The zero-order valence-electron chi connectivity index (χ0n) is 10.3. The smallest absolute Gasteiger partial charge is 0.243 e. The number of benzene rings is 1. The Kier molecular flexibility index (Phi) is 4.94. The van der Waals surface area contributed by atoms with Gasteiger partial charge in [-0.15, -0.1) is 0 Å². The first-order valence-electron chi connectivity index (χ1n) is 6.15. The molecule has 0 aliphatic carbocycles. The Labute approximate surface area is 121 Å². The van der Waals surface area contributed by atoms with Crippen molar-refractivity contribution >= 4 is 26.0 Å². The van der Waals surface area contributed by atoms with E-state index in [0.717, 1.165) is 25.9 Å². The molecule has 0 spiro atoms. The van der Waals surface area contributed by atoms with E-state index in [2.05, 4.69) is 26.0 Å². The van der Waals surface area contributed by atoms with Gasteiger partial charge in [0.1, 0.15) is 4.90 Å². The lowest BCUT2D eigenvalue weighted by molar-refractivity contribution is 0.515. The Hall–Kier alpha value is -0.500. The Morgan fingerprint density at radius 3 is 2.95 bits per heavy atom. The molecule has 1 aliphatic rings. The highest BCUT2D eigenvalue weighted by atomic mass is 79.9. The minimum Gasteiger partial charge on any atom is -0.316 e. The topological polar surface area (TPSA) is 58.2 Å². The van der Waals surface area contributed by atoms with E-state index in [1.807, 2.05) is 0 Å². The molecule has 0 bridgehead atoms. The normalized spacial score (nSPS) is 19.8. The summed E-state index contributed by atoms with van der Waals surface area (Å²) in [5, 5.41) is 3.22. The van der Waals surface area contributed by atoms with Crippen LogP contribution in [0, 0.1) is 11.7 Å². The first-order chi connectivity index (χ1) is 9.00. The van der Waals surface area contributed by atoms with Crippen molar-refractivity contribution in [3.05, 3.63) is 28.5 Å². The highest BCUT2D eigenvalue weighted by Crippen LogP contribution is 2.22. The van der Waals surface area contributed by atoms with Gasteiger partial charge in [-0.25, -0.2) is 17.5 Å². The summed E-state index contributed by atoms with van der Waals surface area (Å²) in [6, 6.07) is 4.24. The van der Waals surface area contributed by atoms with E-state index in [1.54, 1.807) is 0 Å². The van der Waals surface area contributed by atoms with Gasteiger partial charge in [-0.05, 0) is 59.9 Å². The number of halogens is 2. The van der Waals surface area contributed by atoms with Gasteiger partial charge in [-0.3, -0.25) is 0 Å². The Morgan fingerprint density at radius 2 is 2.26 bits per heavy atom. The molecule has 2 N–H and O–H groups in total. The lowest BCUT2D eigenvalue weighted by Crippen LogP contribution is -2.27. The molecule has 1 atom stereocenters. The van der Waals surface area contributed by atoms with Crippen LogP contribution in [-0.2, 0) is 10.0 Å². The standard InChI is InChI=1S/C12H16BrFN2O2S/c13-10-2-1-3-11(12(10)14)19(17,18)16-7-5-9-4-6-15-8-9/h1-3,9,15-16H,4-8H2. The third-order valence-electron chi connectivity index (χ3n) is 3.21. The van der Waals surface area contributed by atoms with Crippen LogP contribution >= 0.6 is 15.9 Å². The zero-order chi connectivity index (χ0) is 13.9. The number of nitrogens with one attached hydrogen (secondary N) is 2. The first kappa shape index (κ1) is 14.9. The summed E-state index contributed by atoms with van der Waals surface area (Å²) in [5.41, 5.74) is 0. The SMILES string of the molecule is O=S(=O)(NCCC1CCNC1)c1cccc(Br)c1F. The molecule has 1 saturated heterocycles. The quantitative estimate of drug-likeness (QED) is 0.852. The fraction of sp³-hybridized carbons (Fsp3) is 0.500. The highest BCUT2D eigenvalue weighted by Gasteiger charge is 2.21. The second kappa shape index (κ2) is 6.30. The molecule has 1 heterocycles. The van der Waals surface area contributed by atoms with Crippen molar-refractivity contribution in [2.75, 3.05) is 19.6 Å². The number of hydrogen-bond acceptors (Lipinski definition) is 3. The predicted molar refractivity (Wildman–Crippen MR) is 74.9 cm³/mol. The van der Waals surface area contributed by atoms with Gasteiger partial charge >= 0.3 is 0 Å². The van der Waals surface area contributed by atoms with Crippen LogP contribution < -0.4 is 10.0 Å². The molecule has 7 heteroatoms. The molecule has 1 aromatic carbocycles. The molecule has 106 valence electrons. The Morgan fingerprint density at radius 1 is 1.47 bits per heavy atom. The molecule has 4 nitrogen and oxygen atoms in total. The van der Waals surface area contributed by atoms with Crippen molar-refractivity contribution in [1.29, 1.82) is 0 Å². The van der Waals surface area contributed by atoms with Crippen molar-refractivity contribution in [2.45, 2.75) is 17.7 Å². The second-order valence-corrected chi connectivity index (χ2v) is 7.19. The number of sulfonamides is 1. The van der Waals surface area contributed by atoms with Crippen molar-refractivity contribution in [2.24, 2.45) is 5.92 Å². The van der Waals surface area contributed by atoms with Crippen LogP contribution in [0.5, 0.6) is 0 Å². The molecular weight excluding hydrogens is 335 g/mol. The minimum absolute atomic E-state index is 0.148. The van der Waals surface area contributed by atoms with Gasteiger partial charge < -0.3 is 5.32 Å². The summed E-state index contributed by atoms with van der Waals surface area (Å²) in [5.74, 6) is -0.257. The van der Waals surface area contributed by atoms with E-state index in [-0.39, 0.29) is 9.37 Å². The van der Waals surface area contributed by atoms with Crippen molar-refractivity contribution in [1.82, 2.24) is 10.0 Å². The largest absolute Gasteiger partial charge is 0.316 e. The number of rotatable bonds is 5. The third-order valence-corrected chi connectivity index (χ3v) is 5.30. The van der Waals surface area contributed by atoms with E-state index in [9.17, 15) is 12.8 Å². The molecule has 1 fully saturated rings. The minimum atomic E-state index is -3.78. The van der Waals surface area contributed by atoms with Crippen LogP contribution in [-0.4, -0.2) is 28.1 Å². The van der Waals surface area contributed by atoms with Crippen LogP contribution in [0.1, 0.15) is 12.8 Å². The molecule has 2 rings (SSSR count). The summed E-state index contributed by atoms with van der Waals surface area (Å²) in [7, 11) is -3.78. The van der Waals surface area contributed by atoms with E-state index < -0.39 is 15.8 Å². The van der Waals surface area contributed by atoms with E-state index in [0.29, 0.717) is 12.5 Å². The first-order valence-corrected chi connectivity index (χ1v) is 8.43. The summed E-state index contributed by atoms with van der Waals surface area (Å²) < 4.78 is 40.3. The lowest BCUT2D eigenvalue weighted by Gasteiger charge is -2.11. The maximum absolute atomic E-state index is 13.7. The second-order valence-electron chi connectivity index (χ2n) is 4.60. The fourth-order valence-electron chi connectivity index (χ4n) is 2.13. The summed E-state index contributed by atoms with van der Waals surface area (Å²) >= 11 is 2.99. The monoisotopic (exact) mass is 350 g/mol. The average Bonchev–Trinajstić information content (AvgIpc) is 2.85. The van der Waals surface area contributed by atoms with Crippen molar-refractivity contribution in [3.8, 4) is 0 Å². The van der Waals surface area contributed by atoms with Crippen LogP contribution in [0.3, 0.4) is 0 Å². The van der Waals surface area contributed by atoms with Gasteiger partial charge in [0.05, 0.1) is 4.47 Å². The maximum Gasteiger partial charge on any atom is 0.243 e. The van der Waals surface area contributed by atoms with Gasteiger partial charge in [-0.2, -0.15) is 0 Å². The molecule has 0 aromatic heterocycles. The molecule has 1 aromatic rings. The summed E-state index contributed by atoms with van der Waals surface area (Å²) in [6.45, 7) is 2.24. The van der Waals surface area contributed by atoms with E-state index in [1.165, 1.54) is 18.2 Å². The van der Waals surface area contributed by atoms with Gasteiger partial charge in [0, 0.05) is 6.54 Å². The van der Waals surface area contributed by atoms with Gasteiger partial charge in [0.15, 0.2) is 5.82 Å². The predicted octanol–water partition coefficient (Wildman–Crippen LogP) is 1.87. The molecular formula is C12H16BrFN2O2S. The number of hydrogen-bond donors (Lipinski definition) is 2. The lowest BCUT2D eigenvalue weighted by atomic mass is 10.1. The molecule has 1 unspecified atom stereocenters. The molecule has 0 amide bonds. The summed E-state index contributed by atoms with van der Waals surface area (Å²) in [4.78, 5) is -0.313. The van der Waals surface area contributed by atoms with Crippen molar-refractivity contribution < 1.29 is 12.8 Å². The third kappa shape index (κ3) is 3.75. The van der Waals surface area contributed by atoms with Gasteiger partial charge in [-0.1, -0.05) is 6.07 Å². The van der Waals surface area contributed by atoms with Crippen LogP contribution in [0.4, 0.5) is 4.39 Å².